The molecule has 6 heteroatoms. The summed E-state index contributed by atoms with van der Waals surface area (Å²) < 4.78 is 41.5. The second-order valence-electron chi connectivity index (χ2n) is 4.41. The van der Waals surface area contributed by atoms with E-state index in [1.165, 1.54) is 0 Å². The van der Waals surface area contributed by atoms with Crippen LogP contribution >= 0.6 is 0 Å². The van der Waals surface area contributed by atoms with Gasteiger partial charge in [-0.25, -0.2) is 0 Å². The van der Waals surface area contributed by atoms with E-state index < -0.39 is 12.6 Å². The number of nitrogens with two attached hydrogens (primary N) is 1. The number of rotatable bonds is 7. The number of para-hydroxylation sites is 2. The van der Waals surface area contributed by atoms with Crippen molar-refractivity contribution in [2.45, 2.75) is 19.0 Å². The molecule has 0 saturated carbocycles. The van der Waals surface area contributed by atoms with Crippen LogP contribution in [0.4, 0.5) is 18.9 Å². The van der Waals surface area contributed by atoms with Crippen molar-refractivity contribution in [3.05, 3.63) is 24.3 Å². The van der Waals surface area contributed by atoms with Crippen LogP contribution in [0, 0.1) is 0 Å². The molecule has 1 aromatic rings. The van der Waals surface area contributed by atoms with Crippen molar-refractivity contribution in [2.24, 2.45) is 0 Å². The number of alkyl halides is 3. The van der Waals surface area contributed by atoms with Crippen molar-refractivity contribution in [3.63, 3.8) is 0 Å². The van der Waals surface area contributed by atoms with Crippen LogP contribution in [0.5, 0.6) is 5.75 Å². The summed E-state index contributed by atoms with van der Waals surface area (Å²) in [5.74, 6) is 0.612. The molecule has 0 aliphatic carbocycles. The van der Waals surface area contributed by atoms with E-state index in [9.17, 15) is 13.2 Å². The molecule has 0 amide bonds. The normalized spacial score (nSPS) is 11.8. The maximum absolute atomic E-state index is 12.0. The highest BCUT2D eigenvalue weighted by atomic mass is 19.4. The largest absolute Gasteiger partial charge is 0.491 e. The number of hydrogen-bond donors (Lipinski definition) is 1. The first-order valence-electron chi connectivity index (χ1n) is 6.11. The van der Waals surface area contributed by atoms with Gasteiger partial charge in [-0.15, -0.1) is 0 Å². The summed E-state index contributed by atoms with van der Waals surface area (Å²) in [5, 5.41) is 0. The van der Waals surface area contributed by atoms with Gasteiger partial charge in [0.15, 0.2) is 0 Å². The van der Waals surface area contributed by atoms with Gasteiger partial charge in [0, 0.05) is 13.1 Å². The van der Waals surface area contributed by atoms with Crippen molar-refractivity contribution >= 4 is 5.69 Å². The van der Waals surface area contributed by atoms with Gasteiger partial charge >= 0.3 is 6.18 Å². The minimum Gasteiger partial charge on any atom is -0.491 e. The fourth-order valence-corrected chi connectivity index (χ4v) is 1.56. The third kappa shape index (κ3) is 6.91. The molecular formula is C13H19F3N2O. The minimum atomic E-state index is -4.09. The fourth-order valence-electron chi connectivity index (χ4n) is 1.56. The zero-order valence-corrected chi connectivity index (χ0v) is 10.9. The Labute approximate surface area is 111 Å². The Morgan fingerprint density at radius 1 is 1.21 bits per heavy atom. The summed E-state index contributed by atoms with van der Waals surface area (Å²) in [7, 11) is 1.67. The summed E-state index contributed by atoms with van der Waals surface area (Å²) >= 11 is 0. The van der Waals surface area contributed by atoms with E-state index in [-0.39, 0.29) is 6.54 Å². The lowest BCUT2D eigenvalue weighted by atomic mass is 10.3. The Morgan fingerprint density at radius 2 is 1.89 bits per heavy atom. The van der Waals surface area contributed by atoms with Crippen LogP contribution in [-0.4, -0.2) is 37.8 Å². The lowest BCUT2D eigenvalue weighted by Gasteiger charge is -2.17. The summed E-state index contributed by atoms with van der Waals surface area (Å²) in [4.78, 5) is 1.64. The molecule has 1 rings (SSSR count). The lowest BCUT2D eigenvalue weighted by Crippen LogP contribution is -2.26. The van der Waals surface area contributed by atoms with Gasteiger partial charge in [-0.05, 0) is 25.6 Å². The molecule has 0 aromatic heterocycles. The zero-order chi connectivity index (χ0) is 14.3. The molecule has 0 fully saturated rings. The summed E-state index contributed by atoms with van der Waals surface area (Å²) in [6, 6.07) is 7.14. The highest BCUT2D eigenvalue weighted by Crippen LogP contribution is 2.20. The van der Waals surface area contributed by atoms with E-state index in [2.05, 4.69) is 0 Å². The maximum atomic E-state index is 12.0. The zero-order valence-electron chi connectivity index (χ0n) is 10.9. The third-order valence-electron chi connectivity index (χ3n) is 2.64. The molecule has 2 N–H and O–H groups in total. The number of anilines is 1. The Kier molecular flexibility index (Phi) is 5.95. The fraction of sp³-hybridized carbons (Fsp3) is 0.538. The second kappa shape index (κ2) is 7.23. The van der Waals surface area contributed by atoms with Gasteiger partial charge in [-0.1, -0.05) is 12.1 Å². The van der Waals surface area contributed by atoms with E-state index in [0.29, 0.717) is 31.0 Å². The summed E-state index contributed by atoms with van der Waals surface area (Å²) in [6.45, 7) is 1.00. The van der Waals surface area contributed by atoms with Gasteiger partial charge in [0.1, 0.15) is 5.75 Å². The molecule has 0 radical (unpaired) electrons. The number of benzene rings is 1. The van der Waals surface area contributed by atoms with E-state index in [4.69, 9.17) is 10.5 Å². The molecule has 0 heterocycles. The molecule has 3 nitrogen and oxygen atoms in total. The molecule has 0 atom stereocenters. The average molecular weight is 276 g/mol. The topological polar surface area (TPSA) is 38.5 Å². The molecule has 1 aromatic carbocycles. The van der Waals surface area contributed by atoms with Crippen molar-refractivity contribution in [1.29, 1.82) is 0 Å². The van der Waals surface area contributed by atoms with Crippen LogP contribution < -0.4 is 10.5 Å². The van der Waals surface area contributed by atoms with Crippen LogP contribution in [0.15, 0.2) is 24.3 Å². The molecule has 0 aliphatic rings. The van der Waals surface area contributed by atoms with E-state index in [1.807, 2.05) is 12.1 Å². The van der Waals surface area contributed by atoms with Crippen LogP contribution in [0.3, 0.4) is 0 Å². The number of halogens is 3. The molecule has 0 aliphatic heterocycles. The first-order chi connectivity index (χ1) is 8.88. The van der Waals surface area contributed by atoms with Gasteiger partial charge in [0.2, 0.25) is 0 Å². The van der Waals surface area contributed by atoms with Crippen molar-refractivity contribution < 1.29 is 17.9 Å². The molecule has 0 saturated heterocycles. The third-order valence-corrected chi connectivity index (χ3v) is 2.64. The molecule has 0 unspecified atom stereocenters. The average Bonchev–Trinajstić information content (AvgIpc) is 2.33. The van der Waals surface area contributed by atoms with Crippen LogP contribution in [0.25, 0.3) is 0 Å². The smallest absolute Gasteiger partial charge is 0.390 e. The van der Waals surface area contributed by atoms with Crippen LogP contribution in [0.2, 0.25) is 0 Å². The second-order valence-corrected chi connectivity index (χ2v) is 4.41. The van der Waals surface area contributed by atoms with Gasteiger partial charge in [-0.2, -0.15) is 13.2 Å². The Balaban J connectivity index is 2.15. The maximum Gasteiger partial charge on any atom is 0.390 e. The SMILES string of the molecule is CN(CCCOc1ccccc1N)CCC(F)(F)F. The Hall–Kier alpha value is -1.43. The van der Waals surface area contributed by atoms with Gasteiger partial charge in [-0.3, -0.25) is 0 Å². The first kappa shape index (κ1) is 15.6. The summed E-state index contributed by atoms with van der Waals surface area (Å²) in [6.07, 6.45) is -4.22. The van der Waals surface area contributed by atoms with E-state index >= 15 is 0 Å². The van der Waals surface area contributed by atoms with Crippen molar-refractivity contribution in [3.8, 4) is 5.75 Å². The van der Waals surface area contributed by atoms with E-state index in [1.54, 1.807) is 24.1 Å². The predicted molar refractivity (Wildman–Crippen MR) is 69.1 cm³/mol. The van der Waals surface area contributed by atoms with E-state index in [0.717, 1.165) is 0 Å². The van der Waals surface area contributed by atoms with Gasteiger partial charge in [0.25, 0.3) is 0 Å². The predicted octanol–water partition coefficient (Wildman–Crippen LogP) is 2.92. The van der Waals surface area contributed by atoms with Crippen LogP contribution in [0.1, 0.15) is 12.8 Å². The number of hydrogen-bond acceptors (Lipinski definition) is 3. The highest BCUT2D eigenvalue weighted by molar-refractivity contribution is 5.51. The highest BCUT2D eigenvalue weighted by Gasteiger charge is 2.26. The molecule has 108 valence electrons. The quantitative estimate of drug-likeness (QED) is 0.614. The number of nitrogens with zero attached hydrogens (tertiary/aromatic N) is 1. The van der Waals surface area contributed by atoms with Crippen molar-refractivity contribution in [2.75, 3.05) is 32.5 Å². The molecule has 0 bridgehead atoms. The molecule has 19 heavy (non-hydrogen) atoms. The number of nitrogen functional groups attached to an aromatic ring is 1. The van der Waals surface area contributed by atoms with Crippen LogP contribution in [-0.2, 0) is 0 Å². The molecule has 0 spiro atoms. The first-order valence-corrected chi connectivity index (χ1v) is 6.11. The molecular weight excluding hydrogens is 257 g/mol. The standard InChI is InChI=1S/C13H19F3N2O/c1-18(9-7-13(14,15)16)8-4-10-19-12-6-3-2-5-11(12)17/h2-3,5-6H,4,7-10,17H2,1H3. The Morgan fingerprint density at radius 3 is 2.53 bits per heavy atom. The Bertz CT molecular complexity index is 382. The van der Waals surface area contributed by atoms with Gasteiger partial charge < -0.3 is 15.4 Å². The summed E-state index contributed by atoms with van der Waals surface area (Å²) in [5.41, 5.74) is 6.26. The van der Waals surface area contributed by atoms with Crippen molar-refractivity contribution in [1.82, 2.24) is 4.90 Å². The van der Waals surface area contributed by atoms with Gasteiger partial charge in [0.05, 0.1) is 18.7 Å². The number of ether oxygens (including phenoxy) is 1. The minimum absolute atomic E-state index is 0.0109. The lowest BCUT2D eigenvalue weighted by molar-refractivity contribution is -0.137. The monoisotopic (exact) mass is 276 g/mol.